The number of ether oxygens (including phenoxy) is 1. The van der Waals surface area contributed by atoms with E-state index in [9.17, 15) is 4.39 Å². The fraction of sp³-hybridized carbons (Fsp3) is 0.500. The summed E-state index contributed by atoms with van der Waals surface area (Å²) in [6, 6.07) is 1.73. The Balaban J connectivity index is 0.000000509. The van der Waals surface area contributed by atoms with Crippen molar-refractivity contribution < 1.29 is 13.9 Å². The van der Waals surface area contributed by atoms with Crippen molar-refractivity contribution in [1.82, 2.24) is 4.98 Å². The number of carbonyl (C=O) groups excluding carboxylic acids is 1. The zero-order valence-electron chi connectivity index (χ0n) is 11.0. The first-order chi connectivity index (χ1) is 8.42. The quantitative estimate of drug-likeness (QED) is 0.590. The second-order valence-electron chi connectivity index (χ2n) is 3.55. The predicted molar refractivity (Wildman–Crippen MR) is 72.2 cm³/mol. The Bertz CT molecular complexity index is 411. The molecule has 0 aliphatic carbocycles. The molecular weight excluding hydrogens is 303 g/mol. The molecule has 1 aromatic heterocycles. The van der Waals surface area contributed by atoms with Crippen LogP contribution in [0.5, 0.6) is 5.75 Å². The second kappa shape index (κ2) is 7.31. The van der Waals surface area contributed by atoms with Crippen molar-refractivity contribution in [3.05, 3.63) is 21.9 Å². The summed E-state index contributed by atoms with van der Waals surface area (Å²) < 4.78 is 19.6. The molecule has 0 spiro atoms. The summed E-state index contributed by atoms with van der Waals surface area (Å²) >= 11 is 3.25. The molecule has 0 fully saturated rings. The predicted octanol–water partition coefficient (Wildman–Crippen LogP) is 2.86. The summed E-state index contributed by atoms with van der Waals surface area (Å²) in [7, 11) is 0. The number of fused-ring (bicyclic) bond motifs is 1. The highest BCUT2D eigenvalue weighted by atomic mass is 79.9. The molecule has 0 bridgehead atoms. The van der Waals surface area contributed by atoms with E-state index in [0.717, 1.165) is 5.69 Å². The topological polar surface area (TPSA) is 65.2 Å². The van der Waals surface area contributed by atoms with Crippen LogP contribution in [0.25, 0.3) is 0 Å². The molecule has 2 rings (SSSR count). The Morgan fingerprint density at radius 2 is 2.11 bits per heavy atom. The smallest absolute Gasteiger partial charge is 0.204 e. The van der Waals surface area contributed by atoms with Crippen LogP contribution in [0.3, 0.4) is 0 Å². The maximum Gasteiger partial charge on any atom is 0.204 e. The Morgan fingerprint density at radius 1 is 1.61 bits per heavy atom. The van der Waals surface area contributed by atoms with Gasteiger partial charge < -0.3 is 10.5 Å². The molecule has 18 heavy (non-hydrogen) atoms. The number of carbonyl (C=O) groups is 1. The van der Waals surface area contributed by atoms with Crippen molar-refractivity contribution in [1.29, 1.82) is 0 Å². The Kier molecular flexibility index (Phi) is 6.83. The van der Waals surface area contributed by atoms with E-state index in [1.165, 1.54) is 6.92 Å². The first kappa shape index (κ1) is 16.8. The maximum absolute atomic E-state index is 13.8. The highest BCUT2D eigenvalue weighted by molar-refractivity contribution is 9.10. The van der Waals surface area contributed by atoms with Gasteiger partial charge in [0.25, 0.3) is 0 Å². The number of pyridine rings is 1. The molecule has 6 heteroatoms. The molecule has 1 atom stereocenters. The molecule has 1 aliphatic rings. The lowest BCUT2D eigenvalue weighted by Crippen LogP contribution is -2.16. The number of alkyl halides is 1. The molecule has 4 nitrogen and oxygen atoms in total. The average molecular weight is 321 g/mol. The first-order valence-electron chi connectivity index (χ1n) is 5.57. The zero-order valence-corrected chi connectivity index (χ0v) is 12.5. The van der Waals surface area contributed by atoms with Gasteiger partial charge in [-0.15, -0.1) is 0 Å². The van der Waals surface area contributed by atoms with Gasteiger partial charge in [-0.1, -0.05) is 13.8 Å². The van der Waals surface area contributed by atoms with Gasteiger partial charge in [0.2, 0.25) is 6.41 Å². The van der Waals surface area contributed by atoms with E-state index < -0.39 is 5.67 Å². The average Bonchev–Trinajstić information content (AvgIpc) is 2.59. The third-order valence-electron chi connectivity index (χ3n) is 2.11. The van der Waals surface area contributed by atoms with Crippen LogP contribution in [0.4, 0.5) is 4.39 Å². The number of hydrogen-bond donors (Lipinski definition) is 1. The van der Waals surface area contributed by atoms with Gasteiger partial charge in [0.15, 0.2) is 11.4 Å². The van der Waals surface area contributed by atoms with Gasteiger partial charge in [0.1, 0.15) is 11.2 Å². The molecule has 0 radical (unpaired) electrons. The molecule has 1 unspecified atom stereocenters. The SMILES string of the molecule is CC.Cc1cc2c(c(Br)n1)OCC2(C)F.NC=O. The lowest BCUT2D eigenvalue weighted by Gasteiger charge is -2.10. The van der Waals surface area contributed by atoms with Crippen molar-refractivity contribution in [2.24, 2.45) is 5.73 Å². The number of aromatic nitrogens is 1. The highest BCUT2D eigenvalue weighted by Gasteiger charge is 2.38. The minimum absolute atomic E-state index is 0.0755. The Labute approximate surface area is 115 Å². The summed E-state index contributed by atoms with van der Waals surface area (Å²) in [5.74, 6) is 0.538. The summed E-state index contributed by atoms with van der Waals surface area (Å²) in [5.41, 5.74) is 4.16. The largest absolute Gasteiger partial charge is 0.487 e. The fourth-order valence-corrected chi connectivity index (χ4v) is 2.04. The van der Waals surface area contributed by atoms with Crippen molar-refractivity contribution in [3.8, 4) is 5.75 Å². The summed E-state index contributed by atoms with van der Waals surface area (Å²) in [5, 5.41) is 0. The number of rotatable bonds is 0. The molecule has 0 aromatic carbocycles. The summed E-state index contributed by atoms with van der Waals surface area (Å²) in [6.45, 7) is 7.43. The number of halogens is 2. The van der Waals surface area contributed by atoms with Gasteiger partial charge in [-0.2, -0.15) is 0 Å². The van der Waals surface area contributed by atoms with E-state index in [1.54, 1.807) is 6.07 Å². The van der Waals surface area contributed by atoms with Gasteiger partial charge >= 0.3 is 0 Å². The Hall–Kier alpha value is -1.17. The maximum atomic E-state index is 13.8. The molecule has 0 saturated carbocycles. The zero-order chi connectivity index (χ0) is 14.3. The summed E-state index contributed by atoms with van der Waals surface area (Å²) in [4.78, 5) is 12.7. The lowest BCUT2D eigenvalue weighted by atomic mass is 10.0. The Morgan fingerprint density at radius 3 is 2.61 bits per heavy atom. The van der Waals surface area contributed by atoms with Gasteiger partial charge in [-0.3, -0.25) is 4.79 Å². The van der Waals surface area contributed by atoms with E-state index in [1.807, 2.05) is 20.8 Å². The van der Waals surface area contributed by atoms with Crippen LogP contribution in [0.2, 0.25) is 0 Å². The fourth-order valence-electron chi connectivity index (χ4n) is 1.43. The summed E-state index contributed by atoms with van der Waals surface area (Å²) in [6.07, 6.45) is 0.250. The van der Waals surface area contributed by atoms with E-state index in [2.05, 4.69) is 26.6 Å². The van der Waals surface area contributed by atoms with Gasteiger partial charge in [-0.25, -0.2) is 9.37 Å². The minimum atomic E-state index is -1.38. The molecule has 1 aliphatic heterocycles. The molecule has 0 saturated heterocycles. The third-order valence-corrected chi connectivity index (χ3v) is 2.65. The third kappa shape index (κ3) is 3.94. The van der Waals surface area contributed by atoms with Crippen molar-refractivity contribution >= 4 is 22.3 Å². The van der Waals surface area contributed by atoms with Crippen LogP contribution in [-0.4, -0.2) is 18.0 Å². The van der Waals surface area contributed by atoms with Gasteiger partial charge in [0.05, 0.1) is 0 Å². The minimum Gasteiger partial charge on any atom is -0.487 e. The van der Waals surface area contributed by atoms with Crippen LogP contribution in [0.15, 0.2) is 10.7 Å². The number of nitrogens with zero attached hydrogens (tertiary/aromatic N) is 1. The van der Waals surface area contributed by atoms with E-state index >= 15 is 0 Å². The monoisotopic (exact) mass is 320 g/mol. The number of nitrogens with two attached hydrogens (primary N) is 1. The molecule has 2 N–H and O–H groups in total. The lowest BCUT2D eigenvalue weighted by molar-refractivity contribution is -0.106. The van der Waals surface area contributed by atoms with Gasteiger partial charge in [-0.05, 0) is 35.8 Å². The molecular formula is C12H18BrFN2O2. The first-order valence-corrected chi connectivity index (χ1v) is 6.36. The van der Waals surface area contributed by atoms with Gasteiger partial charge in [0, 0.05) is 11.3 Å². The molecule has 102 valence electrons. The van der Waals surface area contributed by atoms with Crippen molar-refractivity contribution in [2.75, 3.05) is 6.61 Å². The van der Waals surface area contributed by atoms with E-state index in [4.69, 9.17) is 9.53 Å². The normalized spacial score (nSPS) is 19.4. The number of hydrogen-bond acceptors (Lipinski definition) is 3. The van der Waals surface area contributed by atoms with Crippen LogP contribution in [0.1, 0.15) is 32.0 Å². The van der Waals surface area contributed by atoms with Crippen LogP contribution < -0.4 is 10.5 Å². The van der Waals surface area contributed by atoms with E-state index in [0.29, 0.717) is 15.9 Å². The number of primary amides is 1. The molecule has 2 heterocycles. The number of aryl methyl sites for hydroxylation is 1. The highest BCUT2D eigenvalue weighted by Crippen LogP contribution is 2.43. The molecule has 1 amide bonds. The van der Waals surface area contributed by atoms with E-state index in [-0.39, 0.29) is 13.0 Å². The van der Waals surface area contributed by atoms with Crippen LogP contribution in [-0.2, 0) is 10.5 Å². The standard InChI is InChI=1S/C9H9BrFNO.C2H6.CH3NO/c1-5-3-6-7(8(10)12-5)13-4-9(6,2)11;1-2;2-1-3/h3H,4H2,1-2H3;1-2H3;1H,(H2,2,3). The second-order valence-corrected chi connectivity index (χ2v) is 4.30. The molecule has 1 aromatic rings. The van der Waals surface area contributed by atoms with Crippen molar-refractivity contribution in [3.63, 3.8) is 0 Å². The van der Waals surface area contributed by atoms with Crippen LogP contribution >= 0.6 is 15.9 Å². The number of amides is 1. The van der Waals surface area contributed by atoms with Crippen LogP contribution in [0, 0.1) is 6.92 Å². The van der Waals surface area contributed by atoms with Crippen molar-refractivity contribution in [2.45, 2.75) is 33.4 Å².